The average Bonchev–Trinajstić information content (AvgIpc) is 2.67. The number of likely N-dealkylation sites (tertiary alicyclic amines) is 1. The Morgan fingerprint density at radius 2 is 1.68 bits per heavy atom. The first-order chi connectivity index (χ1) is 13.3. The van der Waals surface area contributed by atoms with Gasteiger partial charge in [-0.15, -0.1) is 0 Å². The number of hydrogen-bond donors (Lipinski definition) is 1. The van der Waals surface area contributed by atoms with Crippen molar-refractivity contribution >= 4 is 15.9 Å². The Labute approximate surface area is 168 Å². The van der Waals surface area contributed by atoms with E-state index in [1.807, 2.05) is 25.7 Å². The van der Waals surface area contributed by atoms with E-state index >= 15 is 0 Å². The van der Waals surface area contributed by atoms with Crippen molar-refractivity contribution in [2.75, 3.05) is 26.2 Å². The molecule has 8 heteroatoms. The molecule has 3 rings (SSSR count). The van der Waals surface area contributed by atoms with Crippen LogP contribution in [0.5, 0.6) is 0 Å². The van der Waals surface area contributed by atoms with Crippen molar-refractivity contribution in [3.8, 4) is 0 Å². The maximum Gasteiger partial charge on any atom is 0.240 e. The van der Waals surface area contributed by atoms with E-state index in [2.05, 4.69) is 9.62 Å². The summed E-state index contributed by atoms with van der Waals surface area (Å²) in [7, 11) is -3.50. The van der Waals surface area contributed by atoms with Crippen LogP contribution < -0.4 is 4.72 Å². The summed E-state index contributed by atoms with van der Waals surface area (Å²) in [5, 5.41) is 0. The molecule has 1 aromatic carbocycles. The van der Waals surface area contributed by atoms with Gasteiger partial charge in [-0.1, -0.05) is 18.2 Å². The molecule has 1 aromatic rings. The zero-order valence-corrected chi connectivity index (χ0v) is 17.7. The number of morpholine rings is 1. The summed E-state index contributed by atoms with van der Waals surface area (Å²) in [5.74, 6) is 0.130. The molecule has 2 saturated heterocycles. The Hall–Kier alpha value is -1.48. The number of piperidine rings is 1. The number of nitrogens with zero attached hydrogens (tertiary/aromatic N) is 2. The van der Waals surface area contributed by atoms with Crippen molar-refractivity contribution in [1.82, 2.24) is 14.5 Å². The molecule has 0 aliphatic carbocycles. The van der Waals surface area contributed by atoms with Crippen molar-refractivity contribution < 1.29 is 17.9 Å². The normalized spacial score (nSPS) is 26.2. The second-order valence-corrected chi connectivity index (χ2v) is 9.64. The highest BCUT2D eigenvalue weighted by atomic mass is 32.2. The van der Waals surface area contributed by atoms with Gasteiger partial charge in [-0.3, -0.25) is 9.69 Å². The number of ether oxygens (including phenoxy) is 1. The zero-order chi connectivity index (χ0) is 20.3. The molecule has 2 heterocycles. The standard InChI is InChI=1S/C20H31N3O4S/c1-15-13-23(14-16(2)27-15)20(24)17(3)22-11-9-18(10-12-22)21-28(25,26)19-7-5-4-6-8-19/h4-8,15-18,21H,9-14H2,1-3H3/t15-,16-,17-/m1/s1. The van der Waals surface area contributed by atoms with Crippen LogP contribution in [0.1, 0.15) is 33.6 Å². The van der Waals surface area contributed by atoms with Gasteiger partial charge >= 0.3 is 0 Å². The van der Waals surface area contributed by atoms with E-state index in [9.17, 15) is 13.2 Å². The van der Waals surface area contributed by atoms with Gasteiger partial charge in [0.15, 0.2) is 0 Å². The topological polar surface area (TPSA) is 79.0 Å². The number of carbonyl (C=O) groups excluding carboxylic acids is 1. The molecule has 1 amide bonds. The Morgan fingerprint density at radius 1 is 1.11 bits per heavy atom. The van der Waals surface area contributed by atoms with E-state index in [1.165, 1.54) is 0 Å². The van der Waals surface area contributed by atoms with Crippen LogP contribution in [-0.4, -0.2) is 74.6 Å². The first kappa shape index (κ1) is 21.2. The zero-order valence-electron chi connectivity index (χ0n) is 16.9. The maximum atomic E-state index is 12.9. The second-order valence-electron chi connectivity index (χ2n) is 7.92. The lowest BCUT2D eigenvalue weighted by atomic mass is 10.0. The minimum absolute atomic E-state index is 0.0537. The van der Waals surface area contributed by atoms with Gasteiger partial charge in [0.25, 0.3) is 0 Å². The molecule has 0 radical (unpaired) electrons. The third kappa shape index (κ3) is 5.11. The molecule has 0 bridgehead atoms. The number of amides is 1. The van der Waals surface area contributed by atoms with Gasteiger partial charge in [-0.25, -0.2) is 13.1 Å². The first-order valence-electron chi connectivity index (χ1n) is 10.0. The number of carbonyl (C=O) groups is 1. The summed E-state index contributed by atoms with van der Waals surface area (Å²) in [6, 6.07) is 8.13. The Kier molecular flexibility index (Phi) is 6.75. The molecule has 0 unspecified atom stereocenters. The summed E-state index contributed by atoms with van der Waals surface area (Å²) < 4.78 is 33.5. The SMILES string of the molecule is C[C@@H]1CN(C(=O)[C@@H](C)N2CCC(NS(=O)(=O)c3ccccc3)CC2)C[C@@H](C)O1. The van der Waals surface area contributed by atoms with Gasteiger partial charge < -0.3 is 9.64 Å². The molecule has 2 aliphatic heterocycles. The van der Waals surface area contributed by atoms with Crippen LogP contribution in [0.4, 0.5) is 0 Å². The quantitative estimate of drug-likeness (QED) is 0.796. The third-order valence-electron chi connectivity index (χ3n) is 5.54. The van der Waals surface area contributed by atoms with Gasteiger partial charge in [-0.05, 0) is 45.7 Å². The van der Waals surface area contributed by atoms with Crippen LogP contribution in [0.25, 0.3) is 0 Å². The van der Waals surface area contributed by atoms with E-state index in [0.717, 1.165) is 0 Å². The van der Waals surface area contributed by atoms with E-state index in [-0.39, 0.29) is 35.1 Å². The molecule has 156 valence electrons. The lowest BCUT2D eigenvalue weighted by molar-refractivity contribution is -0.148. The fraction of sp³-hybridized carbons (Fsp3) is 0.650. The third-order valence-corrected chi connectivity index (χ3v) is 7.08. The number of rotatable bonds is 5. The molecule has 0 aromatic heterocycles. The minimum atomic E-state index is -3.50. The maximum absolute atomic E-state index is 12.9. The van der Waals surface area contributed by atoms with E-state index in [1.54, 1.807) is 30.3 Å². The monoisotopic (exact) mass is 409 g/mol. The molecule has 7 nitrogen and oxygen atoms in total. The number of hydrogen-bond acceptors (Lipinski definition) is 5. The van der Waals surface area contributed by atoms with Crippen molar-refractivity contribution in [1.29, 1.82) is 0 Å². The molecular weight excluding hydrogens is 378 g/mol. The lowest BCUT2D eigenvalue weighted by Crippen LogP contribution is -2.56. The molecule has 1 N–H and O–H groups in total. The van der Waals surface area contributed by atoms with Gasteiger partial charge in [0.1, 0.15) is 0 Å². The van der Waals surface area contributed by atoms with E-state index in [0.29, 0.717) is 39.0 Å². The fourth-order valence-corrected chi connectivity index (χ4v) is 5.40. The number of benzene rings is 1. The van der Waals surface area contributed by atoms with Crippen LogP contribution in [0, 0.1) is 0 Å². The minimum Gasteiger partial charge on any atom is -0.372 e. The van der Waals surface area contributed by atoms with E-state index < -0.39 is 10.0 Å². The average molecular weight is 410 g/mol. The smallest absolute Gasteiger partial charge is 0.240 e. The van der Waals surface area contributed by atoms with Crippen molar-refractivity contribution in [2.45, 2.75) is 62.8 Å². The van der Waals surface area contributed by atoms with Crippen molar-refractivity contribution in [3.63, 3.8) is 0 Å². The summed E-state index contributed by atoms with van der Waals surface area (Å²) in [5.41, 5.74) is 0. The van der Waals surface area contributed by atoms with Gasteiger partial charge in [0, 0.05) is 32.2 Å². The van der Waals surface area contributed by atoms with Crippen molar-refractivity contribution in [3.05, 3.63) is 30.3 Å². The first-order valence-corrected chi connectivity index (χ1v) is 11.5. The van der Waals surface area contributed by atoms with Crippen LogP contribution in [0.3, 0.4) is 0 Å². The predicted molar refractivity (Wildman–Crippen MR) is 107 cm³/mol. The molecular formula is C20H31N3O4S. The van der Waals surface area contributed by atoms with Gasteiger partial charge in [0.05, 0.1) is 23.1 Å². The molecule has 0 saturated carbocycles. The molecule has 2 fully saturated rings. The number of sulfonamides is 1. The Morgan fingerprint density at radius 3 is 2.25 bits per heavy atom. The van der Waals surface area contributed by atoms with Gasteiger partial charge in [-0.2, -0.15) is 0 Å². The van der Waals surface area contributed by atoms with E-state index in [4.69, 9.17) is 4.74 Å². The van der Waals surface area contributed by atoms with Crippen molar-refractivity contribution in [2.24, 2.45) is 0 Å². The summed E-state index contributed by atoms with van der Waals surface area (Å²) in [6.07, 6.45) is 1.50. The second kappa shape index (κ2) is 8.90. The number of nitrogens with one attached hydrogen (secondary N) is 1. The fourth-order valence-electron chi connectivity index (χ4n) is 4.07. The largest absolute Gasteiger partial charge is 0.372 e. The lowest BCUT2D eigenvalue weighted by Gasteiger charge is -2.40. The van der Waals surface area contributed by atoms with Gasteiger partial charge in [0.2, 0.25) is 15.9 Å². The Balaban J connectivity index is 1.52. The highest BCUT2D eigenvalue weighted by Gasteiger charge is 2.33. The summed E-state index contributed by atoms with van der Waals surface area (Å²) in [6.45, 7) is 8.58. The Bertz CT molecular complexity index is 753. The highest BCUT2D eigenvalue weighted by Crippen LogP contribution is 2.19. The molecule has 0 spiro atoms. The molecule has 2 aliphatic rings. The summed E-state index contributed by atoms with van der Waals surface area (Å²) >= 11 is 0. The summed E-state index contributed by atoms with van der Waals surface area (Å²) in [4.78, 5) is 17.2. The van der Waals surface area contributed by atoms with Crippen LogP contribution >= 0.6 is 0 Å². The van der Waals surface area contributed by atoms with Crippen LogP contribution in [0.2, 0.25) is 0 Å². The molecule has 28 heavy (non-hydrogen) atoms. The van der Waals surface area contributed by atoms with Crippen LogP contribution in [-0.2, 0) is 19.6 Å². The van der Waals surface area contributed by atoms with Crippen LogP contribution in [0.15, 0.2) is 35.2 Å². The molecule has 3 atom stereocenters. The predicted octanol–water partition coefficient (Wildman–Crippen LogP) is 1.45. The highest BCUT2D eigenvalue weighted by molar-refractivity contribution is 7.89.